The largest absolute Gasteiger partial charge is 0.478 e. The van der Waals surface area contributed by atoms with Gasteiger partial charge in [0.15, 0.2) is 0 Å². The summed E-state index contributed by atoms with van der Waals surface area (Å²) in [6.45, 7) is 2.01. The Balaban J connectivity index is 3.04. The van der Waals surface area contributed by atoms with E-state index < -0.39 is 26.7 Å². The van der Waals surface area contributed by atoms with Crippen LogP contribution in [0.2, 0.25) is 0 Å². The van der Waals surface area contributed by atoms with Crippen LogP contribution in [0.3, 0.4) is 0 Å². The molecule has 2 N–H and O–H groups in total. The first-order chi connectivity index (χ1) is 8.86. The molecule has 0 aliphatic rings. The molecule has 0 fully saturated rings. The quantitative estimate of drug-likeness (QED) is 0.779. The van der Waals surface area contributed by atoms with Gasteiger partial charge in [0, 0.05) is 12.6 Å². The number of carboxylic acid groups (broad SMARTS) is 1. The van der Waals surface area contributed by atoms with Crippen molar-refractivity contribution in [1.82, 2.24) is 4.72 Å². The highest BCUT2D eigenvalue weighted by Gasteiger charge is 2.18. The lowest BCUT2D eigenvalue weighted by Crippen LogP contribution is -2.25. The zero-order chi connectivity index (χ0) is 14.5. The van der Waals surface area contributed by atoms with E-state index in [4.69, 9.17) is 5.11 Å². The van der Waals surface area contributed by atoms with E-state index in [9.17, 15) is 17.6 Å². The van der Waals surface area contributed by atoms with Crippen molar-refractivity contribution < 1.29 is 22.7 Å². The second kappa shape index (κ2) is 6.44. The van der Waals surface area contributed by atoms with Crippen LogP contribution >= 0.6 is 0 Å². The van der Waals surface area contributed by atoms with E-state index in [2.05, 4.69) is 4.72 Å². The van der Waals surface area contributed by atoms with Gasteiger partial charge in [0.1, 0.15) is 10.7 Å². The summed E-state index contributed by atoms with van der Waals surface area (Å²) >= 11 is 0. The monoisotopic (exact) mass is 287 g/mol. The number of benzene rings is 1. The molecule has 0 bridgehead atoms. The van der Waals surface area contributed by atoms with Crippen molar-refractivity contribution in [2.24, 2.45) is 0 Å². The normalized spacial score (nSPS) is 11.9. The molecule has 0 aliphatic carbocycles. The fraction of sp³-hybridized carbons (Fsp3) is 0.250. The molecule has 0 aromatic heterocycles. The fourth-order valence-corrected chi connectivity index (χ4v) is 2.51. The molecule has 0 saturated heterocycles. The Kier molecular flexibility index (Phi) is 5.20. The summed E-state index contributed by atoms with van der Waals surface area (Å²) in [5.74, 6) is -2.09. The first-order valence-electron chi connectivity index (χ1n) is 5.57. The minimum Gasteiger partial charge on any atom is -0.478 e. The molecule has 19 heavy (non-hydrogen) atoms. The summed E-state index contributed by atoms with van der Waals surface area (Å²) in [6, 6.07) is 3.41. The van der Waals surface area contributed by atoms with Crippen LogP contribution in [-0.2, 0) is 14.8 Å². The van der Waals surface area contributed by atoms with Crippen LogP contribution in [0.4, 0.5) is 4.39 Å². The number of nitrogens with one attached hydrogen (secondary N) is 1. The van der Waals surface area contributed by atoms with E-state index in [0.717, 1.165) is 18.2 Å². The van der Waals surface area contributed by atoms with Crippen molar-refractivity contribution in [3.05, 3.63) is 35.7 Å². The molecule has 104 valence electrons. The second-order valence-corrected chi connectivity index (χ2v) is 5.49. The van der Waals surface area contributed by atoms with Gasteiger partial charge in [0.2, 0.25) is 10.0 Å². The van der Waals surface area contributed by atoms with Crippen LogP contribution in [0.15, 0.2) is 29.2 Å². The number of carboxylic acids is 1. The molecule has 0 unspecified atom stereocenters. The van der Waals surface area contributed by atoms with Crippen molar-refractivity contribution in [2.75, 3.05) is 6.54 Å². The Morgan fingerprint density at radius 1 is 1.47 bits per heavy atom. The molecule has 1 rings (SSSR count). The van der Waals surface area contributed by atoms with Gasteiger partial charge in [-0.25, -0.2) is 22.3 Å². The minimum absolute atomic E-state index is 0.225. The lowest BCUT2D eigenvalue weighted by atomic mass is 10.2. The SMILES string of the molecule is CCCNS(=O)(=O)c1ccc(/C=C/C(=O)O)cc1F. The van der Waals surface area contributed by atoms with E-state index in [1.165, 1.54) is 12.1 Å². The van der Waals surface area contributed by atoms with E-state index in [1.54, 1.807) is 6.92 Å². The third-order valence-corrected chi connectivity index (χ3v) is 3.70. The Hall–Kier alpha value is -1.73. The molecule has 5 nitrogen and oxygen atoms in total. The van der Waals surface area contributed by atoms with E-state index in [1.807, 2.05) is 0 Å². The standard InChI is InChI=1S/C12H14FNO4S/c1-2-7-14-19(17,18)11-5-3-9(8-10(11)13)4-6-12(15)16/h3-6,8,14H,2,7H2,1H3,(H,15,16)/b6-4+. The Morgan fingerprint density at radius 2 is 2.16 bits per heavy atom. The van der Waals surface area contributed by atoms with E-state index in [-0.39, 0.29) is 12.1 Å². The second-order valence-electron chi connectivity index (χ2n) is 3.76. The smallest absolute Gasteiger partial charge is 0.328 e. The van der Waals surface area contributed by atoms with Gasteiger partial charge in [-0.2, -0.15) is 0 Å². The maximum Gasteiger partial charge on any atom is 0.328 e. The first kappa shape index (κ1) is 15.3. The summed E-state index contributed by atoms with van der Waals surface area (Å²) in [6.07, 6.45) is 2.62. The zero-order valence-corrected chi connectivity index (χ0v) is 11.1. The third-order valence-electron chi connectivity index (χ3n) is 2.21. The van der Waals surface area contributed by atoms with Crippen LogP contribution in [0, 0.1) is 5.82 Å². The molecule has 1 aromatic carbocycles. The van der Waals surface area contributed by atoms with Gasteiger partial charge >= 0.3 is 5.97 Å². The van der Waals surface area contributed by atoms with Gasteiger partial charge in [-0.15, -0.1) is 0 Å². The van der Waals surface area contributed by atoms with E-state index >= 15 is 0 Å². The van der Waals surface area contributed by atoms with Gasteiger partial charge in [0.25, 0.3) is 0 Å². The summed E-state index contributed by atoms with van der Waals surface area (Å²) in [7, 11) is -3.87. The molecule has 0 amide bonds. The number of carbonyl (C=O) groups is 1. The first-order valence-corrected chi connectivity index (χ1v) is 7.05. The van der Waals surface area contributed by atoms with Gasteiger partial charge in [-0.1, -0.05) is 13.0 Å². The molecule has 0 radical (unpaired) electrons. The van der Waals surface area contributed by atoms with Gasteiger partial charge in [-0.3, -0.25) is 0 Å². The summed E-state index contributed by atoms with van der Waals surface area (Å²) in [5.41, 5.74) is 0.273. The predicted octanol–water partition coefficient (Wildman–Crippen LogP) is 1.61. The van der Waals surface area contributed by atoms with Crippen molar-refractivity contribution in [3.8, 4) is 0 Å². The summed E-state index contributed by atoms with van der Waals surface area (Å²) < 4.78 is 39.4. The molecule has 1 aromatic rings. The Morgan fingerprint density at radius 3 is 2.68 bits per heavy atom. The van der Waals surface area contributed by atoms with E-state index in [0.29, 0.717) is 6.42 Å². The minimum atomic E-state index is -3.87. The van der Waals surface area contributed by atoms with Crippen molar-refractivity contribution in [2.45, 2.75) is 18.2 Å². The molecular weight excluding hydrogens is 273 g/mol. The average Bonchev–Trinajstić information content (AvgIpc) is 2.33. The van der Waals surface area contributed by atoms with Crippen LogP contribution < -0.4 is 4.72 Å². The molecule has 7 heteroatoms. The zero-order valence-electron chi connectivity index (χ0n) is 10.3. The highest BCUT2D eigenvalue weighted by Crippen LogP contribution is 2.16. The number of hydrogen-bond donors (Lipinski definition) is 2. The topological polar surface area (TPSA) is 83.5 Å². The summed E-state index contributed by atoms with van der Waals surface area (Å²) in [4.78, 5) is 9.87. The van der Waals surface area contributed by atoms with Crippen LogP contribution in [-0.4, -0.2) is 26.0 Å². The highest BCUT2D eigenvalue weighted by atomic mass is 32.2. The number of hydrogen-bond acceptors (Lipinski definition) is 3. The Labute approximate surface area is 110 Å². The highest BCUT2D eigenvalue weighted by molar-refractivity contribution is 7.89. The molecule has 0 heterocycles. The molecular formula is C12H14FNO4S. The molecule has 0 spiro atoms. The lowest BCUT2D eigenvalue weighted by molar-refractivity contribution is -0.131. The molecule has 0 aliphatic heterocycles. The number of rotatable bonds is 6. The average molecular weight is 287 g/mol. The van der Waals surface area contributed by atoms with Gasteiger partial charge in [-0.05, 0) is 30.2 Å². The van der Waals surface area contributed by atoms with Crippen LogP contribution in [0.5, 0.6) is 0 Å². The maximum atomic E-state index is 13.7. The van der Waals surface area contributed by atoms with Crippen molar-refractivity contribution in [3.63, 3.8) is 0 Å². The number of sulfonamides is 1. The number of aliphatic carboxylic acids is 1. The predicted molar refractivity (Wildman–Crippen MR) is 68.5 cm³/mol. The van der Waals surface area contributed by atoms with Crippen molar-refractivity contribution in [1.29, 1.82) is 0 Å². The fourth-order valence-electron chi connectivity index (χ4n) is 1.32. The molecule has 0 atom stereocenters. The van der Waals surface area contributed by atoms with Crippen LogP contribution in [0.25, 0.3) is 6.08 Å². The molecule has 0 saturated carbocycles. The lowest BCUT2D eigenvalue weighted by Gasteiger charge is -2.07. The van der Waals surface area contributed by atoms with Gasteiger partial charge < -0.3 is 5.11 Å². The van der Waals surface area contributed by atoms with Gasteiger partial charge in [0.05, 0.1) is 0 Å². The third kappa shape index (κ3) is 4.46. The van der Waals surface area contributed by atoms with Crippen molar-refractivity contribution >= 4 is 22.1 Å². The van der Waals surface area contributed by atoms with Crippen LogP contribution in [0.1, 0.15) is 18.9 Å². The Bertz CT molecular complexity index is 596. The summed E-state index contributed by atoms with van der Waals surface area (Å²) in [5, 5.41) is 8.44. The maximum absolute atomic E-state index is 13.7. The number of halogens is 1.